The van der Waals surface area contributed by atoms with Gasteiger partial charge < -0.3 is 5.32 Å². The van der Waals surface area contributed by atoms with Gasteiger partial charge in [0.15, 0.2) is 0 Å². The minimum absolute atomic E-state index is 0.168. The first-order valence-corrected chi connectivity index (χ1v) is 7.49. The topological polar surface area (TPSA) is 46.9 Å². The molecule has 2 rings (SSSR count). The van der Waals surface area contributed by atoms with Crippen molar-refractivity contribution in [1.29, 1.82) is 0 Å². The zero-order valence-corrected chi connectivity index (χ0v) is 12.7. The largest absolute Gasteiger partial charge is 0.356 e. The van der Waals surface area contributed by atoms with E-state index in [0.29, 0.717) is 24.8 Å². The summed E-state index contributed by atoms with van der Waals surface area (Å²) in [5, 5.41) is 7.50. The number of nitrogens with one attached hydrogen (secondary N) is 1. The smallest absolute Gasteiger partial charge is 0.220 e. The predicted molar refractivity (Wildman–Crippen MR) is 80.4 cm³/mol. The van der Waals surface area contributed by atoms with E-state index >= 15 is 0 Å². The number of allylic oxidation sites excluding steroid dienone is 2. The summed E-state index contributed by atoms with van der Waals surface area (Å²) in [4.78, 5) is 11.9. The maximum atomic E-state index is 11.9. The summed E-state index contributed by atoms with van der Waals surface area (Å²) in [6.45, 7) is 7.78. The Morgan fingerprint density at radius 1 is 1.55 bits per heavy atom. The third-order valence-corrected chi connectivity index (χ3v) is 3.80. The minimum Gasteiger partial charge on any atom is -0.356 e. The van der Waals surface area contributed by atoms with Crippen LogP contribution < -0.4 is 5.32 Å². The number of carbonyl (C=O) groups excluding carboxylic acids is 1. The second kappa shape index (κ2) is 6.73. The lowest BCUT2D eigenvalue weighted by Gasteiger charge is -2.15. The van der Waals surface area contributed by atoms with Crippen molar-refractivity contribution in [2.24, 2.45) is 11.8 Å². The Labute approximate surface area is 121 Å². The van der Waals surface area contributed by atoms with Crippen LogP contribution in [0.5, 0.6) is 0 Å². The lowest BCUT2D eigenvalue weighted by atomic mass is 10.0. The van der Waals surface area contributed by atoms with Gasteiger partial charge in [0.25, 0.3) is 0 Å². The Morgan fingerprint density at radius 3 is 2.95 bits per heavy atom. The van der Waals surface area contributed by atoms with Gasteiger partial charge in [-0.15, -0.1) is 0 Å². The van der Waals surface area contributed by atoms with Gasteiger partial charge in [0.05, 0.1) is 5.69 Å². The Morgan fingerprint density at radius 2 is 2.35 bits per heavy atom. The van der Waals surface area contributed by atoms with E-state index < -0.39 is 0 Å². The third-order valence-electron chi connectivity index (χ3n) is 3.80. The van der Waals surface area contributed by atoms with Crippen molar-refractivity contribution >= 4 is 5.91 Å². The van der Waals surface area contributed by atoms with Crippen LogP contribution in [0, 0.1) is 25.7 Å². The lowest BCUT2D eigenvalue weighted by Crippen LogP contribution is -2.31. The average Bonchev–Trinajstić information content (AvgIpc) is 2.98. The quantitative estimate of drug-likeness (QED) is 0.811. The van der Waals surface area contributed by atoms with Crippen molar-refractivity contribution in [2.45, 2.75) is 46.6 Å². The molecular formula is C16H25N3O. The molecular weight excluding hydrogens is 250 g/mol. The first-order chi connectivity index (χ1) is 9.54. The number of hydrogen-bond donors (Lipinski definition) is 1. The molecule has 1 amide bonds. The van der Waals surface area contributed by atoms with Crippen LogP contribution in [0.4, 0.5) is 0 Å². The fourth-order valence-electron chi connectivity index (χ4n) is 2.68. The van der Waals surface area contributed by atoms with Crippen molar-refractivity contribution in [3.8, 4) is 0 Å². The van der Waals surface area contributed by atoms with Crippen molar-refractivity contribution in [3.05, 3.63) is 29.6 Å². The highest BCUT2D eigenvalue weighted by Gasteiger charge is 2.14. The lowest BCUT2D eigenvalue weighted by molar-refractivity contribution is -0.121. The molecule has 1 N–H and O–H groups in total. The van der Waals surface area contributed by atoms with E-state index in [-0.39, 0.29) is 5.91 Å². The number of nitrogens with zero attached hydrogens (tertiary/aromatic N) is 2. The molecule has 20 heavy (non-hydrogen) atoms. The summed E-state index contributed by atoms with van der Waals surface area (Å²) in [7, 11) is 0. The van der Waals surface area contributed by atoms with Crippen molar-refractivity contribution in [1.82, 2.24) is 15.1 Å². The second-order valence-corrected chi connectivity index (χ2v) is 5.99. The third kappa shape index (κ3) is 4.22. The van der Waals surface area contributed by atoms with E-state index in [2.05, 4.69) is 42.5 Å². The van der Waals surface area contributed by atoms with Crippen molar-refractivity contribution < 1.29 is 4.79 Å². The zero-order chi connectivity index (χ0) is 14.5. The molecule has 1 aliphatic rings. The molecule has 0 radical (unpaired) electrons. The molecule has 4 nitrogen and oxygen atoms in total. The summed E-state index contributed by atoms with van der Waals surface area (Å²) >= 11 is 0. The summed E-state index contributed by atoms with van der Waals surface area (Å²) in [6, 6.07) is 2.08. The molecule has 110 valence electrons. The Balaban J connectivity index is 1.71. The van der Waals surface area contributed by atoms with Crippen molar-refractivity contribution in [3.63, 3.8) is 0 Å². The van der Waals surface area contributed by atoms with Gasteiger partial charge in [-0.2, -0.15) is 5.10 Å². The average molecular weight is 275 g/mol. The van der Waals surface area contributed by atoms with Crippen molar-refractivity contribution in [2.75, 3.05) is 6.54 Å². The van der Waals surface area contributed by atoms with Crippen LogP contribution in [0.15, 0.2) is 18.2 Å². The molecule has 0 saturated carbocycles. The van der Waals surface area contributed by atoms with Gasteiger partial charge in [-0.25, -0.2) is 0 Å². The molecule has 0 saturated heterocycles. The van der Waals surface area contributed by atoms with Crippen LogP contribution in [0.25, 0.3) is 0 Å². The van der Waals surface area contributed by atoms with E-state index in [1.165, 1.54) is 5.69 Å². The van der Waals surface area contributed by atoms with Crippen LogP contribution in [-0.4, -0.2) is 22.2 Å². The molecule has 2 atom stereocenters. The number of aromatic nitrogens is 2. The number of aryl methyl sites for hydroxylation is 2. The van der Waals surface area contributed by atoms with E-state index in [0.717, 1.165) is 25.1 Å². The van der Waals surface area contributed by atoms with Crippen LogP contribution in [-0.2, 0) is 11.3 Å². The highest BCUT2D eigenvalue weighted by Crippen LogP contribution is 2.19. The molecule has 1 aromatic heterocycles. The summed E-state index contributed by atoms with van der Waals surface area (Å²) in [6.07, 6.45) is 7.20. The SMILES string of the molecule is Cc1cc(C)n(C[C@H](C)CNC(=O)C[C@@H]2C=CCC2)n1. The molecule has 1 aromatic rings. The normalized spacial score (nSPS) is 19.2. The van der Waals surface area contributed by atoms with Crippen LogP contribution in [0.2, 0.25) is 0 Å². The van der Waals surface area contributed by atoms with Gasteiger partial charge in [0.2, 0.25) is 5.91 Å². The summed E-state index contributed by atoms with van der Waals surface area (Å²) in [5.74, 6) is 0.999. The molecule has 0 bridgehead atoms. The number of amides is 1. The predicted octanol–water partition coefficient (Wildman–Crippen LogP) is 2.61. The van der Waals surface area contributed by atoms with Crippen LogP contribution in [0.3, 0.4) is 0 Å². The number of rotatable bonds is 6. The Kier molecular flexibility index (Phi) is 4.99. The number of hydrogen-bond acceptors (Lipinski definition) is 2. The summed E-state index contributed by atoms with van der Waals surface area (Å²) < 4.78 is 2.02. The standard InChI is InChI=1S/C16H25N3O/c1-12(11-19-14(3)8-13(2)18-19)10-17-16(20)9-15-6-4-5-7-15/h4,6,8,12,15H,5,7,9-11H2,1-3H3,(H,17,20)/t12-,15-/m1/s1. The fourth-order valence-corrected chi connectivity index (χ4v) is 2.68. The van der Waals surface area contributed by atoms with Crippen LogP contribution in [0.1, 0.15) is 37.6 Å². The maximum absolute atomic E-state index is 11.9. The second-order valence-electron chi connectivity index (χ2n) is 5.99. The molecule has 1 aliphatic carbocycles. The number of carbonyl (C=O) groups is 1. The van der Waals surface area contributed by atoms with E-state index in [9.17, 15) is 4.79 Å². The van der Waals surface area contributed by atoms with E-state index in [1.807, 2.05) is 11.6 Å². The monoisotopic (exact) mass is 275 g/mol. The first kappa shape index (κ1) is 14.8. The molecule has 4 heteroatoms. The molecule has 0 fully saturated rings. The van der Waals surface area contributed by atoms with Gasteiger partial charge >= 0.3 is 0 Å². The van der Waals surface area contributed by atoms with E-state index in [1.54, 1.807) is 0 Å². The van der Waals surface area contributed by atoms with E-state index in [4.69, 9.17) is 0 Å². The highest BCUT2D eigenvalue weighted by molar-refractivity contribution is 5.76. The first-order valence-electron chi connectivity index (χ1n) is 7.49. The molecule has 1 heterocycles. The minimum atomic E-state index is 0.168. The van der Waals surface area contributed by atoms with Gasteiger partial charge in [0.1, 0.15) is 0 Å². The molecule has 0 spiro atoms. The Bertz CT molecular complexity index is 490. The van der Waals surface area contributed by atoms with Gasteiger partial charge in [-0.3, -0.25) is 9.48 Å². The van der Waals surface area contributed by atoms with Gasteiger partial charge in [-0.1, -0.05) is 19.1 Å². The maximum Gasteiger partial charge on any atom is 0.220 e. The van der Waals surface area contributed by atoms with Gasteiger partial charge in [0, 0.05) is 25.2 Å². The Hall–Kier alpha value is -1.58. The summed E-state index contributed by atoms with van der Waals surface area (Å²) in [5.41, 5.74) is 2.23. The van der Waals surface area contributed by atoms with Gasteiger partial charge in [-0.05, 0) is 44.6 Å². The fraction of sp³-hybridized carbons (Fsp3) is 0.625. The molecule has 0 aliphatic heterocycles. The zero-order valence-electron chi connectivity index (χ0n) is 12.7. The molecule has 0 unspecified atom stereocenters. The molecule has 0 aromatic carbocycles. The van der Waals surface area contributed by atoms with Crippen LogP contribution >= 0.6 is 0 Å². The highest BCUT2D eigenvalue weighted by atomic mass is 16.1.